The molecule has 0 saturated carbocycles. The summed E-state index contributed by atoms with van der Waals surface area (Å²) in [6.45, 7) is 12.1. The first-order valence-corrected chi connectivity index (χ1v) is 5.62. The fourth-order valence-electron chi connectivity index (χ4n) is 0.613. The minimum Gasteiger partial charge on any atom is -0.128 e. The van der Waals surface area contributed by atoms with E-state index in [1.165, 1.54) is 10.4 Å². The molecule has 0 radical (unpaired) electrons. The molecule has 2 heteroatoms. The Morgan fingerprint density at radius 2 is 1.50 bits per heavy atom. The summed E-state index contributed by atoms with van der Waals surface area (Å²) in [5, 5.41) is 0. The molecule has 0 bridgehead atoms. The van der Waals surface area contributed by atoms with Crippen LogP contribution in [0.1, 0.15) is 38.1 Å². The van der Waals surface area contributed by atoms with Crippen LogP contribution in [-0.2, 0) is 0 Å². The predicted molar refractivity (Wildman–Crippen MR) is 61.5 cm³/mol. The third-order valence-electron chi connectivity index (χ3n) is 0.980. The molecule has 0 spiro atoms. The number of hydrogen-bond donors (Lipinski definition) is 0. The van der Waals surface area contributed by atoms with Crippen LogP contribution < -0.4 is 0 Å². The van der Waals surface area contributed by atoms with E-state index in [2.05, 4.69) is 13.0 Å². The van der Waals surface area contributed by atoms with Crippen LogP contribution in [0.25, 0.3) is 0 Å². The zero-order valence-corrected chi connectivity index (χ0v) is 10.4. The lowest BCUT2D eigenvalue weighted by Crippen LogP contribution is -1.56. The van der Waals surface area contributed by atoms with E-state index in [1.54, 1.807) is 11.3 Å². The third kappa shape index (κ3) is 5.62. The first-order valence-electron chi connectivity index (χ1n) is 4.42. The fourth-order valence-corrected chi connectivity index (χ4v) is 1.77. The first-order chi connectivity index (χ1) is 5.70. The van der Waals surface area contributed by atoms with E-state index < -0.39 is 0 Å². The summed E-state index contributed by atoms with van der Waals surface area (Å²) in [5.41, 5.74) is 1.19. The molecule has 0 aliphatic rings. The van der Waals surface area contributed by atoms with E-state index in [1.807, 2.05) is 34.6 Å². The van der Waals surface area contributed by atoms with Gasteiger partial charge in [0.25, 0.3) is 0 Å². The third-order valence-corrected chi connectivity index (χ3v) is 2.45. The van der Waals surface area contributed by atoms with Crippen molar-refractivity contribution in [1.82, 2.24) is 0 Å². The summed E-state index contributed by atoms with van der Waals surface area (Å²) in [6.07, 6.45) is 0. The zero-order chi connectivity index (χ0) is 10.1. The van der Waals surface area contributed by atoms with Crippen LogP contribution in [0.4, 0.5) is 0 Å². The van der Waals surface area contributed by atoms with Crippen LogP contribution in [0.5, 0.6) is 0 Å². The van der Waals surface area contributed by atoms with Crippen LogP contribution in [0, 0.1) is 13.8 Å². The molecule has 1 heterocycles. The molecule has 0 saturated heterocycles. The molecule has 0 aliphatic heterocycles. The first kappa shape index (κ1) is 14.5. The van der Waals surface area contributed by atoms with Crippen LogP contribution in [0.3, 0.4) is 0 Å². The highest BCUT2D eigenvalue weighted by Crippen LogP contribution is 2.25. The van der Waals surface area contributed by atoms with Crippen molar-refractivity contribution in [2.24, 2.45) is 0 Å². The van der Waals surface area contributed by atoms with E-state index in [0.29, 0.717) is 0 Å². The number of aryl methyl sites for hydroxylation is 2. The Kier molecular flexibility index (Phi) is 11.0. The maximum absolute atomic E-state index is 5.75. The Morgan fingerprint density at radius 1 is 1.08 bits per heavy atom. The van der Waals surface area contributed by atoms with Gasteiger partial charge in [-0.25, -0.2) is 0 Å². The minimum absolute atomic E-state index is 0.919. The summed E-state index contributed by atoms with van der Waals surface area (Å²) in [4.78, 5) is 1.28. The molecule has 1 rings (SSSR count). The standard InChI is InChI=1S/C6H7ClS.2C2H6/c1-4-3-5(2)8-6(4)7;2*1-2/h3H,1-2H3;2*1-2H3. The lowest BCUT2D eigenvalue weighted by Gasteiger charge is -1.76. The van der Waals surface area contributed by atoms with Gasteiger partial charge in [0, 0.05) is 4.88 Å². The van der Waals surface area contributed by atoms with Crippen molar-refractivity contribution >= 4 is 22.9 Å². The Hall–Kier alpha value is -0.0100. The van der Waals surface area contributed by atoms with Gasteiger partial charge in [0.2, 0.25) is 0 Å². The van der Waals surface area contributed by atoms with Gasteiger partial charge < -0.3 is 0 Å². The molecular formula is C10H19ClS. The van der Waals surface area contributed by atoms with Gasteiger partial charge in [-0.3, -0.25) is 0 Å². The Morgan fingerprint density at radius 3 is 1.58 bits per heavy atom. The Balaban J connectivity index is 0. The molecule has 12 heavy (non-hydrogen) atoms. The van der Waals surface area contributed by atoms with E-state index >= 15 is 0 Å². The minimum atomic E-state index is 0.919. The fraction of sp³-hybridized carbons (Fsp3) is 0.600. The summed E-state index contributed by atoms with van der Waals surface area (Å²) in [5.74, 6) is 0. The number of thiophene rings is 1. The summed E-state index contributed by atoms with van der Waals surface area (Å²) in [6, 6.07) is 2.09. The molecule has 1 aromatic heterocycles. The van der Waals surface area contributed by atoms with Crippen LogP contribution in [-0.4, -0.2) is 0 Å². The van der Waals surface area contributed by atoms with E-state index in [9.17, 15) is 0 Å². The summed E-state index contributed by atoms with van der Waals surface area (Å²) in [7, 11) is 0. The molecule has 0 atom stereocenters. The van der Waals surface area contributed by atoms with Gasteiger partial charge >= 0.3 is 0 Å². The lowest BCUT2D eigenvalue weighted by molar-refractivity contribution is 1.50. The van der Waals surface area contributed by atoms with Crippen molar-refractivity contribution in [3.63, 3.8) is 0 Å². The molecule has 0 amide bonds. The van der Waals surface area contributed by atoms with Gasteiger partial charge in [-0.05, 0) is 25.5 Å². The monoisotopic (exact) mass is 206 g/mol. The topological polar surface area (TPSA) is 0 Å². The average molecular weight is 207 g/mol. The van der Waals surface area contributed by atoms with E-state index in [4.69, 9.17) is 11.6 Å². The second-order valence-electron chi connectivity index (χ2n) is 1.81. The number of hydrogen-bond acceptors (Lipinski definition) is 1. The molecule has 72 valence electrons. The van der Waals surface area contributed by atoms with Crippen molar-refractivity contribution in [2.75, 3.05) is 0 Å². The highest BCUT2D eigenvalue weighted by atomic mass is 35.5. The van der Waals surface area contributed by atoms with Gasteiger partial charge in [-0.1, -0.05) is 39.3 Å². The Bertz CT molecular complexity index is 172. The zero-order valence-electron chi connectivity index (χ0n) is 8.86. The second kappa shape index (κ2) is 9.08. The largest absolute Gasteiger partial charge is 0.128 e. The molecule has 0 nitrogen and oxygen atoms in total. The second-order valence-corrected chi connectivity index (χ2v) is 3.67. The smallest absolute Gasteiger partial charge is 0.0960 e. The van der Waals surface area contributed by atoms with Crippen LogP contribution in [0.2, 0.25) is 4.34 Å². The maximum Gasteiger partial charge on any atom is 0.0960 e. The van der Waals surface area contributed by atoms with Crippen molar-refractivity contribution in [1.29, 1.82) is 0 Å². The molecule has 0 aliphatic carbocycles. The maximum atomic E-state index is 5.75. The molecule has 0 unspecified atom stereocenters. The van der Waals surface area contributed by atoms with Gasteiger partial charge in [0.1, 0.15) is 0 Å². The molecule has 0 aromatic carbocycles. The molecule has 1 aromatic rings. The predicted octanol–water partition coefficient (Wildman–Crippen LogP) is 5.07. The summed E-state index contributed by atoms with van der Waals surface area (Å²) < 4.78 is 0.919. The van der Waals surface area contributed by atoms with Crippen LogP contribution >= 0.6 is 22.9 Å². The number of rotatable bonds is 0. The Labute approximate surface area is 85.6 Å². The molecular weight excluding hydrogens is 188 g/mol. The van der Waals surface area contributed by atoms with Gasteiger partial charge in [0.05, 0.1) is 4.34 Å². The molecule has 0 N–H and O–H groups in total. The quantitative estimate of drug-likeness (QED) is 0.556. The lowest BCUT2D eigenvalue weighted by atomic mass is 10.4. The van der Waals surface area contributed by atoms with Gasteiger partial charge in [-0.2, -0.15) is 0 Å². The van der Waals surface area contributed by atoms with Crippen LogP contribution in [0.15, 0.2) is 6.07 Å². The normalized spacial score (nSPS) is 7.58. The van der Waals surface area contributed by atoms with Crippen molar-refractivity contribution in [2.45, 2.75) is 41.5 Å². The average Bonchev–Trinajstić information content (AvgIpc) is 2.37. The van der Waals surface area contributed by atoms with E-state index in [0.717, 1.165) is 4.34 Å². The van der Waals surface area contributed by atoms with Crippen molar-refractivity contribution in [3.8, 4) is 0 Å². The van der Waals surface area contributed by atoms with Crippen molar-refractivity contribution < 1.29 is 0 Å². The summed E-state index contributed by atoms with van der Waals surface area (Å²) >= 11 is 7.38. The highest BCUT2D eigenvalue weighted by Gasteiger charge is 1.96. The van der Waals surface area contributed by atoms with Gasteiger partial charge in [-0.15, -0.1) is 11.3 Å². The SMILES string of the molecule is CC.CC.Cc1cc(C)c(Cl)s1. The van der Waals surface area contributed by atoms with Crippen molar-refractivity contribution in [3.05, 3.63) is 20.8 Å². The number of halogens is 1. The molecule has 0 fully saturated rings. The van der Waals surface area contributed by atoms with E-state index in [-0.39, 0.29) is 0 Å². The highest BCUT2D eigenvalue weighted by molar-refractivity contribution is 7.16. The van der Waals surface area contributed by atoms with Gasteiger partial charge in [0.15, 0.2) is 0 Å².